The molecule has 1 amide bonds. The zero-order valence-electron chi connectivity index (χ0n) is 9.77. The molecule has 0 spiro atoms. The Labute approximate surface area is 118 Å². The zero-order chi connectivity index (χ0) is 13.0. The van der Waals surface area contributed by atoms with Crippen LogP contribution in [0.4, 0.5) is 0 Å². The lowest BCUT2D eigenvalue weighted by Crippen LogP contribution is -2.24. The number of aromatic nitrogens is 2. The van der Waals surface area contributed by atoms with Gasteiger partial charge in [0, 0.05) is 16.5 Å². The molecule has 0 unspecified atom stereocenters. The van der Waals surface area contributed by atoms with E-state index >= 15 is 0 Å². The van der Waals surface area contributed by atoms with Gasteiger partial charge in [0.25, 0.3) is 0 Å². The monoisotopic (exact) mass is 301 g/mol. The fourth-order valence-corrected chi connectivity index (χ4v) is 3.10. The van der Waals surface area contributed by atoms with Crippen LogP contribution in [-0.4, -0.2) is 15.9 Å². The van der Waals surface area contributed by atoms with Crippen LogP contribution in [0.15, 0.2) is 11.6 Å². The van der Waals surface area contributed by atoms with Crippen molar-refractivity contribution >= 4 is 40.2 Å². The van der Waals surface area contributed by atoms with Crippen LogP contribution in [0.2, 0.25) is 0 Å². The van der Waals surface area contributed by atoms with Gasteiger partial charge >= 0.3 is 0 Å². The van der Waals surface area contributed by atoms with E-state index in [2.05, 4.69) is 15.3 Å². The number of rotatable bonds is 5. The van der Waals surface area contributed by atoms with Gasteiger partial charge in [0.15, 0.2) is 0 Å². The Morgan fingerprint density at radius 2 is 2.33 bits per heavy atom. The Hall–Kier alpha value is -0.980. The normalized spacial score (nSPS) is 10.6. The van der Waals surface area contributed by atoms with Crippen molar-refractivity contribution in [2.24, 2.45) is 0 Å². The Morgan fingerprint density at radius 3 is 2.94 bits per heavy atom. The first-order valence-corrected chi connectivity index (χ1v) is 7.57. The molecule has 0 radical (unpaired) electrons. The fraction of sp³-hybridized carbons (Fsp3) is 0.364. The van der Waals surface area contributed by atoms with E-state index < -0.39 is 0 Å². The summed E-state index contributed by atoms with van der Waals surface area (Å²) in [4.78, 5) is 21.3. The SMILES string of the molecule is Cc1cnc(CNC(=O)Cc2nc(CCl)cs2)s1. The second kappa shape index (κ2) is 6.26. The molecule has 0 bridgehead atoms. The molecule has 0 saturated heterocycles. The van der Waals surface area contributed by atoms with Crippen LogP contribution in [0.1, 0.15) is 20.6 Å². The van der Waals surface area contributed by atoms with Gasteiger partial charge in [-0.05, 0) is 6.92 Å². The van der Waals surface area contributed by atoms with Gasteiger partial charge in [0.05, 0.1) is 24.5 Å². The number of hydrogen-bond donors (Lipinski definition) is 1. The highest BCUT2D eigenvalue weighted by Gasteiger charge is 2.08. The predicted octanol–water partition coefficient (Wildman–Crippen LogP) is 2.51. The molecule has 0 aliphatic heterocycles. The van der Waals surface area contributed by atoms with Crippen molar-refractivity contribution in [1.29, 1.82) is 0 Å². The number of nitrogens with zero attached hydrogens (tertiary/aromatic N) is 2. The molecule has 2 aromatic heterocycles. The largest absolute Gasteiger partial charge is 0.349 e. The van der Waals surface area contributed by atoms with E-state index in [4.69, 9.17) is 11.6 Å². The molecule has 2 heterocycles. The smallest absolute Gasteiger partial charge is 0.227 e. The molecule has 1 N–H and O–H groups in total. The summed E-state index contributed by atoms with van der Waals surface area (Å²) >= 11 is 8.70. The maximum absolute atomic E-state index is 11.7. The van der Waals surface area contributed by atoms with Crippen molar-refractivity contribution < 1.29 is 4.79 Å². The number of amides is 1. The van der Waals surface area contributed by atoms with Crippen molar-refractivity contribution in [1.82, 2.24) is 15.3 Å². The first-order chi connectivity index (χ1) is 8.67. The maximum Gasteiger partial charge on any atom is 0.227 e. The van der Waals surface area contributed by atoms with Crippen LogP contribution in [0.25, 0.3) is 0 Å². The predicted molar refractivity (Wildman–Crippen MR) is 74.1 cm³/mol. The first kappa shape index (κ1) is 13.5. The molecule has 7 heteroatoms. The van der Waals surface area contributed by atoms with Gasteiger partial charge < -0.3 is 5.32 Å². The fourth-order valence-electron chi connectivity index (χ4n) is 1.35. The Balaban J connectivity index is 1.81. The van der Waals surface area contributed by atoms with Crippen LogP contribution in [0, 0.1) is 6.92 Å². The second-order valence-corrected chi connectivity index (χ2v) is 6.21. The van der Waals surface area contributed by atoms with E-state index in [-0.39, 0.29) is 5.91 Å². The number of carbonyl (C=O) groups is 1. The topological polar surface area (TPSA) is 54.9 Å². The average Bonchev–Trinajstić information content (AvgIpc) is 2.95. The van der Waals surface area contributed by atoms with Crippen LogP contribution < -0.4 is 5.32 Å². The Kier molecular flexibility index (Phi) is 4.68. The molecular formula is C11H12ClN3OS2. The minimum atomic E-state index is -0.0432. The average molecular weight is 302 g/mol. The molecule has 18 heavy (non-hydrogen) atoms. The lowest BCUT2D eigenvalue weighted by molar-refractivity contribution is -0.120. The number of nitrogens with one attached hydrogen (secondary N) is 1. The number of hydrogen-bond acceptors (Lipinski definition) is 5. The van der Waals surface area contributed by atoms with E-state index in [0.717, 1.165) is 20.6 Å². The van der Waals surface area contributed by atoms with E-state index in [9.17, 15) is 4.79 Å². The molecule has 96 valence electrons. The van der Waals surface area contributed by atoms with Crippen LogP contribution in [-0.2, 0) is 23.6 Å². The highest BCUT2D eigenvalue weighted by molar-refractivity contribution is 7.11. The third kappa shape index (κ3) is 3.76. The van der Waals surface area contributed by atoms with E-state index in [0.29, 0.717) is 18.8 Å². The summed E-state index contributed by atoms with van der Waals surface area (Å²) in [5.74, 6) is 0.342. The molecular weight excluding hydrogens is 290 g/mol. The maximum atomic E-state index is 11.7. The number of thiazole rings is 2. The summed E-state index contributed by atoms with van der Waals surface area (Å²) in [6, 6.07) is 0. The van der Waals surface area contributed by atoms with Crippen molar-refractivity contribution in [2.75, 3.05) is 0 Å². The quantitative estimate of drug-likeness (QED) is 0.863. The summed E-state index contributed by atoms with van der Waals surface area (Å²) in [5, 5.41) is 6.41. The number of halogens is 1. The number of carbonyl (C=O) groups excluding carboxylic acids is 1. The van der Waals surface area contributed by atoms with Gasteiger partial charge in [-0.15, -0.1) is 34.3 Å². The lowest BCUT2D eigenvalue weighted by atomic mass is 10.4. The Bertz CT molecular complexity index is 538. The van der Waals surface area contributed by atoms with Crippen LogP contribution >= 0.6 is 34.3 Å². The summed E-state index contributed by atoms with van der Waals surface area (Å²) in [6.07, 6.45) is 2.10. The zero-order valence-corrected chi connectivity index (χ0v) is 12.2. The number of alkyl halides is 1. The van der Waals surface area contributed by atoms with Gasteiger partial charge in [-0.3, -0.25) is 4.79 Å². The first-order valence-electron chi connectivity index (χ1n) is 5.34. The third-order valence-electron chi connectivity index (χ3n) is 2.15. The van der Waals surface area contributed by atoms with E-state index in [1.54, 1.807) is 17.5 Å². The van der Waals surface area contributed by atoms with Crippen LogP contribution in [0.3, 0.4) is 0 Å². The van der Waals surface area contributed by atoms with E-state index in [1.165, 1.54) is 11.3 Å². The molecule has 0 aromatic carbocycles. The van der Waals surface area contributed by atoms with Crippen LogP contribution in [0.5, 0.6) is 0 Å². The summed E-state index contributed by atoms with van der Waals surface area (Å²) in [5.41, 5.74) is 0.819. The molecule has 0 fully saturated rings. The minimum absolute atomic E-state index is 0.0432. The molecule has 2 rings (SSSR count). The van der Waals surface area contributed by atoms with Crippen molar-refractivity contribution in [2.45, 2.75) is 25.8 Å². The van der Waals surface area contributed by atoms with Gasteiger partial charge in [0.1, 0.15) is 10.0 Å². The molecule has 0 atom stereocenters. The second-order valence-electron chi connectivity index (χ2n) is 3.68. The molecule has 4 nitrogen and oxygen atoms in total. The molecule has 0 saturated carbocycles. The molecule has 0 aliphatic rings. The highest BCUT2D eigenvalue weighted by Crippen LogP contribution is 2.13. The van der Waals surface area contributed by atoms with Crippen molar-refractivity contribution in [3.05, 3.63) is 32.2 Å². The minimum Gasteiger partial charge on any atom is -0.349 e. The summed E-state index contributed by atoms with van der Waals surface area (Å²) < 4.78 is 0. The van der Waals surface area contributed by atoms with Gasteiger partial charge in [-0.1, -0.05) is 0 Å². The standard InChI is InChI=1S/C11H12ClN3OS2/c1-7-4-14-11(18-7)5-13-9(16)2-10-15-8(3-12)6-17-10/h4,6H,2-3,5H2,1H3,(H,13,16). The summed E-state index contributed by atoms with van der Waals surface area (Å²) in [7, 11) is 0. The van der Waals surface area contributed by atoms with Gasteiger partial charge in [-0.2, -0.15) is 0 Å². The highest BCUT2D eigenvalue weighted by atomic mass is 35.5. The van der Waals surface area contributed by atoms with Crippen molar-refractivity contribution in [3.63, 3.8) is 0 Å². The summed E-state index contributed by atoms with van der Waals surface area (Å²) in [6.45, 7) is 2.47. The number of aryl methyl sites for hydroxylation is 1. The lowest BCUT2D eigenvalue weighted by Gasteiger charge is -2.00. The molecule has 2 aromatic rings. The van der Waals surface area contributed by atoms with Crippen molar-refractivity contribution in [3.8, 4) is 0 Å². The van der Waals surface area contributed by atoms with Gasteiger partial charge in [0.2, 0.25) is 5.91 Å². The van der Waals surface area contributed by atoms with E-state index in [1.807, 2.05) is 12.3 Å². The molecule has 0 aliphatic carbocycles. The third-order valence-corrected chi connectivity index (χ3v) is 4.24. The Morgan fingerprint density at radius 1 is 1.50 bits per heavy atom. The van der Waals surface area contributed by atoms with Gasteiger partial charge in [-0.25, -0.2) is 9.97 Å².